The van der Waals surface area contributed by atoms with Gasteiger partial charge in [0.05, 0.1) is 14.2 Å². The van der Waals surface area contributed by atoms with Gasteiger partial charge in [-0.25, -0.2) is 0 Å². The maximum atomic E-state index is 12.3. The molecule has 1 amide bonds. The summed E-state index contributed by atoms with van der Waals surface area (Å²) >= 11 is 0. The summed E-state index contributed by atoms with van der Waals surface area (Å²) in [5.41, 5.74) is 0.981. The first-order chi connectivity index (χ1) is 10.2. The minimum Gasteiger partial charge on any atom is -0.497 e. The van der Waals surface area contributed by atoms with Crippen LogP contribution >= 0.6 is 0 Å². The van der Waals surface area contributed by atoms with Gasteiger partial charge < -0.3 is 19.5 Å². The van der Waals surface area contributed by atoms with Crippen LogP contribution in [-0.4, -0.2) is 43.3 Å². The van der Waals surface area contributed by atoms with Gasteiger partial charge in [-0.15, -0.1) is 0 Å². The lowest BCUT2D eigenvalue weighted by molar-refractivity contribution is -0.131. The van der Waals surface area contributed by atoms with Crippen molar-refractivity contribution in [2.24, 2.45) is 5.92 Å². The molecule has 5 heteroatoms. The van der Waals surface area contributed by atoms with Crippen LogP contribution in [-0.2, 0) is 11.3 Å². The molecule has 1 saturated heterocycles. The van der Waals surface area contributed by atoms with Crippen molar-refractivity contribution in [3.63, 3.8) is 0 Å². The number of carbonyl (C=O) groups excluding carboxylic acids is 1. The molecule has 0 aromatic heterocycles. The van der Waals surface area contributed by atoms with Gasteiger partial charge in [0.2, 0.25) is 5.91 Å². The Kier molecular flexibility index (Phi) is 5.44. The number of hydrogen-bond donors (Lipinski definition) is 1. The molecule has 1 aliphatic heterocycles. The van der Waals surface area contributed by atoms with Crippen LogP contribution < -0.4 is 9.47 Å². The molecule has 116 valence electrons. The molecule has 0 aliphatic carbocycles. The Morgan fingerprint density at radius 3 is 2.81 bits per heavy atom. The zero-order valence-electron chi connectivity index (χ0n) is 12.7. The lowest BCUT2D eigenvalue weighted by atomic mass is 10.0. The number of rotatable bonds is 7. The summed E-state index contributed by atoms with van der Waals surface area (Å²) in [4.78, 5) is 14.2. The third-order valence-corrected chi connectivity index (χ3v) is 3.97. The van der Waals surface area contributed by atoms with E-state index >= 15 is 0 Å². The number of hydrogen-bond acceptors (Lipinski definition) is 4. The van der Waals surface area contributed by atoms with E-state index in [2.05, 4.69) is 0 Å². The Labute approximate surface area is 125 Å². The number of aliphatic hydroxyl groups is 1. The normalized spacial score (nSPS) is 18.1. The summed E-state index contributed by atoms with van der Waals surface area (Å²) in [6.07, 6.45) is 2.33. The molecule has 1 aliphatic rings. The average Bonchev–Trinajstić information content (AvgIpc) is 2.86. The molecule has 1 atom stereocenters. The molecule has 0 unspecified atom stereocenters. The van der Waals surface area contributed by atoms with Crippen LogP contribution in [0.1, 0.15) is 24.8 Å². The first kappa shape index (κ1) is 15.6. The molecule has 1 aromatic rings. The third-order valence-electron chi connectivity index (χ3n) is 3.97. The maximum absolute atomic E-state index is 12.3. The van der Waals surface area contributed by atoms with Crippen molar-refractivity contribution in [3.8, 4) is 11.5 Å². The molecular weight excluding hydrogens is 270 g/mol. The second-order valence-corrected chi connectivity index (χ2v) is 5.29. The molecule has 21 heavy (non-hydrogen) atoms. The minimum absolute atomic E-state index is 0.0568. The highest BCUT2D eigenvalue weighted by Gasteiger charge is 2.31. The van der Waals surface area contributed by atoms with Crippen LogP contribution in [0.4, 0.5) is 0 Å². The minimum atomic E-state index is 0.0568. The molecule has 1 fully saturated rings. The van der Waals surface area contributed by atoms with Crippen LogP contribution in [0.15, 0.2) is 18.2 Å². The second-order valence-electron chi connectivity index (χ2n) is 5.29. The zero-order chi connectivity index (χ0) is 15.2. The molecule has 1 N–H and O–H groups in total. The quantitative estimate of drug-likeness (QED) is 0.833. The predicted octanol–water partition coefficient (Wildman–Crippen LogP) is 1.82. The highest BCUT2D eigenvalue weighted by Crippen LogP contribution is 2.29. The fourth-order valence-electron chi connectivity index (χ4n) is 2.75. The van der Waals surface area contributed by atoms with Crippen molar-refractivity contribution in [1.82, 2.24) is 4.90 Å². The fraction of sp³-hybridized carbons (Fsp3) is 0.562. The van der Waals surface area contributed by atoms with E-state index in [1.165, 1.54) is 0 Å². The molecule has 1 heterocycles. The second kappa shape index (κ2) is 7.31. The van der Waals surface area contributed by atoms with Crippen LogP contribution in [0.25, 0.3) is 0 Å². The lowest BCUT2D eigenvalue weighted by Crippen LogP contribution is -2.27. The summed E-state index contributed by atoms with van der Waals surface area (Å²) in [7, 11) is 3.23. The van der Waals surface area contributed by atoms with E-state index < -0.39 is 0 Å². The van der Waals surface area contributed by atoms with Crippen molar-refractivity contribution in [2.75, 3.05) is 27.4 Å². The van der Waals surface area contributed by atoms with Gasteiger partial charge in [-0.1, -0.05) is 0 Å². The van der Waals surface area contributed by atoms with E-state index in [-0.39, 0.29) is 18.4 Å². The van der Waals surface area contributed by atoms with Gasteiger partial charge in [-0.2, -0.15) is 0 Å². The number of aliphatic hydroxyl groups excluding tert-OH is 1. The van der Waals surface area contributed by atoms with Gasteiger partial charge in [-0.05, 0) is 31.4 Å². The van der Waals surface area contributed by atoms with Crippen LogP contribution in [0.3, 0.4) is 0 Å². The zero-order valence-corrected chi connectivity index (χ0v) is 12.7. The van der Waals surface area contributed by atoms with Gasteiger partial charge in [0.15, 0.2) is 0 Å². The molecule has 0 saturated carbocycles. The van der Waals surface area contributed by atoms with Crippen molar-refractivity contribution in [3.05, 3.63) is 23.8 Å². The van der Waals surface area contributed by atoms with E-state index in [1.54, 1.807) is 14.2 Å². The van der Waals surface area contributed by atoms with Crippen LogP contribution in [0.5, 0.6) is 11.5 Å². The summed E-state index contributed by atoms with van der Waals surface area (Å²) in [6, 6.07) is 5.65. The van der Waals surface area contributed by atoms with E-state index in [4.69, 9.17) is 14.6 Å². The molecule has 1 aromatic carbocycles. The average molecular weight is 293 g/mol. The number of nitrogens with zero attached hydrogens (tertiary/aromatic N) is 1. The number of likely N-dealkylation sites (tertiary alicyclic amines) is 1. The van der Waals surface area contributed by atoms with E-state index in [9.17, 15) is 4.79 Å². The predicted molar refractivity (Wildman–Crippen MR) is 79.4 cm³/mol. The van der Waals surface area contributed by atoms with Gasteiger partial charge in [0.1, 0.15) is 11.5 Å². The Morgan fingerprint density at radius 1 is 1.33 bits per heavy atom. The first-order valence-electron chi connectivity index (χ1n) is 7.30. The summed E-state index contributed by atoms with van der Waals surface area (Å²) < 4.78 is 10.6. The van der Waals surface area contributed by atoms with Gasteiger partial charge >= 0.3 is 0 Å². The number of amides is 1. The number of methoxy groups -OCH3 is 2. The smallest absolute Gasteiger partial charge is 0.226 e. The maximum Gasteiger partial charge on any atom is 0.226 e. The number of carbonyl (C=O) groups is 1. The topological polar surface area (TPSA) is 59.0 Å². The van der Waals surface area contributed by atoms with Crippen LogP contribution in [0.2, 0.25) is 0 Å². The third kappa shape index (κ3) is 3.67. The van der Waals surface area contributed by atoms with Gasteiger partial charge in [-0.3, -0.25) is 4.79 Å². The Balaban J connectivity index is 2.03. The van der Waals surface area contributed by atoms with Crippen molar-refractivity contribution in [2.45, 2.75) is 25.8 Å². The van der Waals surface area contributed by atoms with Crippen molar-refractivity contribution >= 4 is 5.91 Å². The highest BCUT2D eigenvalue weighted by molar-refractivity contribution is 5.80. The summed E-state index contributed by atoms with van der Waals surface area (Å²) in [6.45, 7) is 1.47. The van der Waals surface area contributed by atoms with Crippen LogP contribution in [0, 0.1) is 5.92 Å². The Morgan fingerprint density at radius 2 is 2.14 bits per heavy atom. The van der Waals surface area contributed by atoms with Crippen molar-refractivity contribution < 1.29 is 19.4 Å². The molecule has 2 rings (SSSR count). The van der Waals surface area contributed by atoms with E-state index in [0.717, 1.165) is 36.4 Å². The SMILES string of the molecule is COc1ccc(CN2CC[C@H](CCCO)C2=O)c(OC)c1. The summed E-state index contributed by atoms with van der Waals surface area (Å²) in [5.74, 6) is 1.72. The van der Waals surface area contributed by atoms with E-state index in [0.29, 0.717) is 13.0 Å². The van der Waals surface area contributed by atoms with Gasteiger partial charge in [0.25, 0.3) is 0 Å². The van der Waals surface area contributed by atoms with Gasteiger partial charge in [0, 0.05) is 37.2 Å². The van der Waals surface area contributed by atoms with E-state index in [1.807, 2.05) is 23.1 Å². The fourth-order valence-corrected chi connectivity index (χ4v) is 2.75. The Hall–Kier alpha value is -1.75. The molecular formula is C16H23NO4. The number of ether oxygens (including phenoxy) is 2. The molecule has 5 nitrogen and oxygen atoms in total. The monoisotopic (exact) mass is 293 g/mol. The highest BCUT2D eigenvalue weighted by atomic mass is 16.5. The van der Waals surface area contributed by atoms with Crippen molar-refractivity contribution in [1.29, 1.82) is 0 Å². The molecule has 0 bridgehead atoms. The standard InChI is InChI=1S/C16H23NO4/c1-20-14-6-5-13(15(10-14)21-2)11-17-8-7-12(16(17)19)4-3-9-18/h5-6,10,12,18H,3-4,7-9,11H2,1-2H3/t12-/m0/s1. The number of benzene rings is 1. The largest absolute Gasteiger partial charge is 0.497 e. The summed E-state index contributed by atoms with van der Waals surface area (Å²) in [5, 5.41) is 8.88. The molecule has 0 radical (unpaired) electrons. The first-order valence-corrected chi connectivity index (χ1v) is 7.30. The molecule has 0 spiro atoms. The Bertz CT molecular complexity index is 489. The lowest BCUT2D eigenvalue weighted by Gasteiger charge is -2.19.